The summed E-state index contributed by atoms with van der Waals surface area (Å²) < 4.78 is 5.29. The summed E-state index contributed by atoms with van der Waals surface area (Å²) in [4.78, 5) is 14.6. The van der Waals surface area contributed by atoms with Crippen molar-refractivity contribution < 1.29 is 14.4 Å². The number of aliphatic hydroxyl groups excluding tert-OH is 1. The van der Waals surface area contributed by atoms with Crippen molar-refractivity contribution in [2.24, 2.45) is 5.92 Å². The first-order chi connectivity index (χ1) is 11.6. The number of rotatable bonds is 4. The Kier molecular flexibility index (Phi) is 5.00. The highest BCUT2D eigenvalue weighted by atomic mass is 16.5. The summed E-state index contributed by atoms with van der Waals surface area (Å²) in [5.41, 5.74) is 1.95. The molecule has 0 radical (unpaired) electrons. The number of benzene rings is 1. The molecular formula is C19H24N2O3. The molecule has 0 aliphatic heterocycles. The first-order valence-corrected chi connectivity index (χ1v) is 8.53. The Morgan fingerprint density at radius 3 is 2.71 bits per heavy atom. The molecule has 0 bridgehead atoms. The Labute approximate surface area is 142 Å². The summed E-state index contributed by atoms with van der Waals surface area (Å²) in [6.45, 7) is 2.31. The van der Waals surface area contributed by atoms with E-state index in [2.05, 4.69) is 5.16 Å². The van der Waals surface area contributed by atoms with Crippen LogP contribution in [0.25, 0.3) is 11.3 Å². The molecule has 0 spiro atoms. The number of nitrogens with zero attached hydrogens (tertiary/aromatic N) is 2. The fraction of sp³-hybridized carbons (Fsp3) is 0.474. The standard InChI is InChI=1S/C19H24N2O3/c1-13-17(18(20-24-13)14-8-4-3-5-9-14)19(23)21(2)12-15-10-6-7-11-16(15)22/h3-5,8-9,15-16,22H,6-7,10-12H2,1-2H3. The van der Waals surface area contributed by atoms with Gasteiger partial charge in [-0.25, -0.2) is 0 Å². The molecule has 1 aromatic heterocycles. The second kappa shape index (κ2) is 7.18. The van der Waals surface area contributed by atoms with Crippen LogP contribution < -0.4 is 0 Å². The molecule has 5 heteroatoms. The molecule has 1 fully saturated rings. The Morgan fingerprint density at radius 2 is 2.00 bits per heavy atom. The van der Waals surface area contributed by atoms with Crippen LogP contribution in [0.5, 0.6) is 0 Å². The molecule has 1 saturated carbocycles. The molecule has 0 saturated heterocycles. The smallest absolute Gasteiger partial charge is 0.259 e. The van der Waals surface area contributed by atoms with Crippen LogP contribution in [0.2, 0.25) is 0 Å². The van der Waals surface area contributed by atoms with Crippen LogP contribution in [-0.2, 0) is 0 Å². The topological polar surface area (TPSA) is 66.6 Å². The molecule has 2 unspecified atom stereocenters. The van der Waals surface area contributed by atoms with Gasteiger partial charge in [-0.15, -0.1) is 0 Å². The van der Waals surface area contributed by atoms with E-state index in [0.29, 0.717) is 23.6 Å². The second-order valence-corrected chi connectivity index (χ2v) is 6.63. The molecule has 3 rings (SSSR count). The van der Waals surface area contributed by atoms with Gasteiger partial charge in [0.2, 0.25) is 0 Å². The zero-order valence-electron chi connectivity index (χ0n) is 14.2. The number of hydrogen-bond acceptors (Lipinski definition) is 4. The average molecular weight is 328 g/mol. The molecule has 1 aliphatic carbocycles. The van der Waals surface area contributed by atoms with Crippen molar-refractivity contribution in [1.29, 1.82) is 0 Å². The third-order valence-corrected chi connectivity index (χ3v) is 4.85. The molecule has 5 nitrogen and oxygen atoms in total. The van der Waals surface area contributed by atoms with Gasteiger partial charge in [-0.1, -0.05) is 48.3 Å². The first-order valence-electron chi connectivity index (χ1n) is 8.53. The third kappa shape index (κ3) is 3.36. The highest BCUT2D eigenvalue weighted by molar-refractivity contribution is 6.00. The minimum atomic E-state index is -0.314. The highest BCUT2D eigenvalue weighted by Crippen LogP contribution is 2.28. The van der Waals surface area contributed by atoms with E-state index in [0.717, 1.165) is 31.2 Å². The minimum Gasteiger partial charge on any atom is -0.393 e. The SMILES string of the molecule is Cc1onc(-c2ccccc2)c1C(=O)N(C)CC1CCCCC1O. The molecule has 1 heterocycles. The van der Waals surface area contributed by atoms with Crippen molar-refractivity contribution >= 4 is 5.91 Å². The first kappa shape index (κ1) is 16.7. The number of hydrogen-bond donors (Lipinski definition) is 1. The molecule has 1 N–H and O–H groups in total. The quantitative estimate of drug-likeness (QED) is 0.935. The minimum absolute atomic E-state index is 0.106. The summed E-state index contributed by atoms with van der Waals surface area (Å²) in [6.07, 6.45) is 3.66. The van der Waals surface area contributed by atoms with Crippen LogP contribution >= 0.6 is 0 Å². The lowest BCUT2D eigenvalue weighted by Crippen LogP contribution is -2.38. The lowest BCUT2D eigenvalue weighted by molar-refractivity contribution is 0.0451. The molecule has 128 valence electrons. The van der Waals surface area contributed by atoms with Gasteiger partial charge >= 0.3 is 0 Å². The molecule has 2 aromatic rings. The molecule has 1 amide bonds. The monoisotopic (exact) mass is 328 g/mol. The lowest BCUT2D eigenvalue weighted by Gasteiger charge is -2.31. The number of aliphatic hydroxyl groups is 1. The molecule has 24 heavy (non-hydrogen) atoms. The zero-order chi connectivity index (χ0) is 17.1. The fourth-order valence-corrected chi connectivity index (χ4v) is 3.44. The Bertz CT molecular complexity index is 696. The van der Waals surface area contributed by atoms with Crippen molar-refractivity contribution in [3.05, 3.63) is 41.7 Å². The van der Waals surface area contributed by atoms with Crippen molar-refractivity contribution in [1.82, 2.24) is 10.1 Å². The van der Waals surface area contributed by atoms with Crippen molar-refractivity contribution in [3.8, 4) is 11.3 Å². The normalized spacial score (nSPS) is 20.8. The zero-order valence-corrected chi connectivity index (χ0v) is 14.2. The summed E-state index contributed by atoms with van der Waals surface area (Å²) in [5, 5.41) is 14.2. The summed E-state index contributed by atoms with van der Waals surface area (Å²) in [6, 6.07) is 9.58. The van der Waals surface area contributed by atoms with E-state index in [9.17, 15) is 9.90 Å². The van der Waals surface area contributed by atoms with E-state index in [-0.39, 0.29) is 17.9 Å². The van der Waals surface area contributed by atoms with Crippen LogP contribution in [0.4, 0.5) is 0 Å². The van der Waals surface area contributed by atoms with Crippen molar-refractivity contribution in [2.75, 3.05) is 13.6 Å². The maximum absolute atomic E-state index is 12.9. The summed E-state index contributed by atoms with van der Waals surface area (Å²) >= 11 is 0. The van der Waals surface area contributed by atoms with Gasteiger partial charge in [-0.3, -0.25) is 4.79 Å². The van der Waals surface area contributed by atoms with E-state index < -0.39 is 0 Å². The van der Waals surface area contributed by atoms with Crippen molar-refractivity contribution in [2.45, 2.75) is 38.7 Å². The van der Waals surface area contributed by atoms with E-state index in [4.69, 9.17) is 4.52 Å². The number of aryl methyl sites for hydroxylation is 1. The van der Waals surface area contributed by atoms with Crippen LogP contribution in [0.3, 0.4) is 0 Å². The number of aromatic nitrogens is 1. The Balaban J connectivity index is 1.81. The molecule has 1 aromatic carbocycles. The van der Waals surface area contributed by atoms with Gasteiger partial charge in [0.05, 0.1) is 6.10 Å². The predicted octanol–water partition coefficient (Wildman–Crippen LogP) is 3.27. The second-order valence-electron chi connectivity index (χ2n) is 6.63. The van der Waals surface area contributed by atoms with Gasteiger partial charge in [0, 0.05) is 25.1 Å². The summed E-state index contributed by atoms with van der Waals surface area (Å²) in [7, 11) is 1.78. The molecular weight excluding hydrogens is 304 g/mol. The van der Waals surface area contributed by atoms with Crippen LogP contribution in [0, 0.1) is 12.8 Å². The number of amides is 1. The van der Waals surface area contributed by atoms with Gasteiger partial charge < -0.3 is 14.5 Å². The largest absolute Gasteiger partial charge is 0.393 e. The highest BCUT2D eigenvalue weighted by Gasteiger charge is 2.29. The van der Waals surface area contributed by atoms with Gasteiger partial charge in [0.15, 0.2) is 0 Å². The third-order valence-electron chi connectivity index (χ3n) is 4.85. The van der Waals surface area contributed by atoms with Gasteiger partial charge in [0.1, 0.15) is 17.0 Å². The van der Waals surface area contributed by atoms with E-state index in [1.54, 1.807) is 18.9 Å². The molecule has 2 atom stereocenters. The fourth-order valence-electron chi connectivity index (χ4n) is 3.44. The van der Waals surface area contributed by atoms with E-state index >= 15 is 0 Å². The van der Waals surface area contributed by atoms with Gasteiger partial charge in [-0.2, -0.15) is 0 Å². The summed E-state index contributed by atoms with van der Waals surface area (Å²) in [5.74, 6) is 0.563. The van der Waals surface area contributed by atoms with Crippen LogP contribution in [-0.4, -0.2) is 40.8 Å². The predicted molar refractivity (Wildman–Crippen MR) is 91.6 cm³/mol. The number of carbonyl (C=O) groups excluding carboxylic acids is 1. The van der Waals surface area contributed by atoms with Crippen LogP contribution in [0.15, 0.2) is 34.9 Å². The van der Waals surface area contributed by atoms with E-state index in [1.165, 1.54) is 0 Å². The average Bonchev–Trinajstić information content (AvgIpc) is 2.98. The molecule has 1 aliphatic rings. The van der Waals surface area contributed by atoms with E-state index in [1.807, 2.05) is 30.3 Å². The number of carbonyl (C=O) groups is 1. The van der Waals surface area contributed by atoms with Gasteiger partial charge in [-0.05, 0) is 19.8 Å². The lowest BCUT2D eigenvalue weighted by atomic mass is 9.86. The van der Waals surface area contributed by atoms with Gasteiger partial charge in [0.25, 0.3) is 5.91 Å². The van der Waals surface area contributed by atoms with Crippen LogP contribution in [0.1, 0.15) is 41.8 Å². The Hall–Kier alpha value is -2.14. The maximum Gasteiger partial charge on any atom is 0.259 e. The maximum atomic E-state index is 12.9. The Morgan fingerprint density at radius 1 is 1.29 bits per heavy atom. The van der Waals surface area contributed by atoms with Crippen molar-refractivity contribution in [3.63, 3.8) is 0 Å².